The molecule has 2 heterocycles. The second-order valence-electron chi connectivity index (χ2n) is 10.4. The molecule has 2 aliphatic rings. The molecule has 0 aromatic heterocycles. The number of hydrogen-bond acceptors (Lipinski definition) is 8. The van der Waals surface area contributed by atoms with Crippen LogP contribution in [0.1, 0.15) is 116 Å². The largest absolute Gasteiger partial charge is 0.508 e. The normalized spacial score (nSPS) is 18.4. The zero-order valence-corrected chi connectivity index (χ0v) is 23.1. The Hall–Kier alpha value is -2.52. The maximum absolute atomic E-state index is 11.9. The Morgan fingerprint density at radius 3 is 1.53 bits per heavy atom. The van der Waals surface area contributed by atoms with Crippen molar-refractivity contribution in [2.45, 2.75) is 128 Å². The van der Waals surface area contributed by atoms with Gasteiger partial charge in [-0.25, -0.2) is 10.2 Å². The molecular weight excluding hydrogens is 490 g/mol. The second-order valence-corrected chi connectivity index (χ2v) is 10.4. The van der Waals surface area contributed by atoms with E-state index in [1.807, 2.05) is 0 Å². The fourth-order valence-corrected chi connectivity index (χ4v) is 4.65. The third-order valence-corrected chi connectivity index (χ3v) is 6.93. The molecular formula is C28H49N3O7. The fourth-order valence-electron chi connectivity index (χ4n) is 4.65. The van der Waals surface area contributed by atoms with Crippen molar-refractivity contribution in [1.29, 1.82) is 5.41 Å². The smallest absolute Gasteiger partial charge is 0.447 e. The first kappa shape index (κ1) is 31.7. The van der Waals surface area contributed by atoms with E-state index in [1.165, 1.54) is 0 Å². The standard InChI is InChI=1S/C28H49N3O7/c29-27-35-21-23(37-27)15-9-5-1-3-7-11-17-25(32)30-19-13-14-20-31-26(33)18-12-8-4-2-6-10-16-24-22-36-28(34)38-24/h23-24,29H,1-22H2,(H,30,32)(H,31,33). The Morgan fingerprint density at radius 2 is 1.08 bits per heavy atom. The van der Waals surface area contributed by atoms with E-state index >= 15 is 0 Å². The van der Waals surface area contributed by atoms with E-state index in [2.05, 4.69) is 10.6 Å². The van der Waals surface area contributed by atoms with E-state index in [0.717, 1.165) is 103 Å². The predicted octanol–water partition coefficient (Wildman–Crippen LogP) is 5.13. The van der Waals surface area contributed by atoms with Crippen molar-refractivity contribution in [3.8, 4) is 0 Å². The third-order valence-electron chi connectivity index (χ3n) is 6.93. The van der Waals surface area contributed by atoms with Crippen LogP contribution in [0, 0.1) is 5.41 Å². The number of cyclic esters (lactones) is 2. The zero-order chi connectivity index (χ0) is 27.3. The molecule has 0 aromatic rings. The number of carbonyl (C=O) groups is 3. The number of ether oxygens (including phenoxy) is 4. The van der Waals surface area contributed by atoms with Crippen molar-refractivity contribution in [2.75, 3.05) is 26.3 Å². The van der Waals surface area contributed by atoms with Crippen molar-refractivity contribution in [3.05, 3.63) is 0 Å². The first-order valence-electron chi connectivity index (χ1n) is 14.8. The lowest BCUT2D eigenvalue weighted by Gasteiger charge is -2.08. The molecule has 10 nitrogen and oxygen atoms in total. The number of unbranched alkanes of at least 4 members (excludes halogenated alkanes) is 11. The molecule has 0 saturated carbocycles. The van der Waals surface area contributed by atoms with Gasteiger partial charge in [0.05, 0.1) is 0 Å². The summed E-state index contributed by atoms with van der Waals surface area (Å²) in [4.78, 5) is 34.7. The SMILES string of the molecule is N=C1OCC(CCCCCCCCC(=O)NCCCCNC(=O)CCCCCCCCC2COC(=O)O2)O1. The van der Waals surface area contributed by atoms with E-state index in [0.29, 0.717) is 39.1 Å². The quantitative estimate of drug-likeness (QED) is 0.121. The van der Waals surface area contributed by atoms with Crippen LogP contribution in [0.2, 0.25) is 0 Å². The second kappa shape index (κ2) is 20.4. The summed E-state index contributed by atoms with van der Waals surface area (Å²) in [6.07, 6.45) is 17.0. The molecule has 2 unspecified atom stereocenters. The maximum Gasteiger partial charge on any atom is 0.508 e. The predicted molar refractivity (Wildman–Crippen MR) is 144 cm³/mol. The van der Waals surface area contributed by atoms with Crippen LogP contribution in [-0.2, 0) is 28.5 Å². The molecule has 218 valence electrons. The molecule has 38 heavy (non-hydrogen) atoms. The Morgan fingerprint density at radius 1 is 0.632 bits per heavy atom. The van der Waals surface area contributed by atoms with E-state index in [-0.39, 0.29) is 30.1 Å². The summed E-state index contributed by atoms with van der Waals surface area (Å²) >= 11 is 0. The molecule has 3 N–H and O–H groups in total. The van der Waals surface area contributed by atoms with Gasteiger partial charge in [0.1, 0.15) is 25.4 Å². The lowest BCUT2D eigenvalue weighted by atomic mass is 10.1. The summed E-state index contributed by atoms with van der Waals surface area (Å²) in [5.74, 6) is 0.226. The number of hydrogen-bond donors (Lipinski definition) is 3. The van der Waals surface area contributed by atoms with Gasteiger partial charge in [0.2, 0.25) is 11.8 Å². The van der Waals surface area contributed by atoms with Gasteiger partial charge in [-0.05, 0) is 51.4 Å². The highest BCUT2D eigenvalue weighted by Gasteiger charge is 2.24. The Balaban J connectivity index is 1.24. The summed E-state index contributed by atoms with van der Waals surface area (Å²) in [5, 5.41) is 13.2. The molecule has 2 atom stereocenters. The van der Waals surface area contributed by atoms with Gasteiger partial charge in [0, 0.05) is 25.9 Å². The van der Waals surface area contributed by atoms with Crippen molar-refractivity contribution in [3.63, 3.8) is 0 Å². The third kappa shape index (κ3) is 16.3. The average Bonchev–Trinajstić information content (AvgIpc) is 3.51. The van der Waals surface area contributed by atoms with Gasteiger partial charge >= 0.3 is 12.2 Å². The lowest BCUT2D eigenvalue weighted by molar-refractivity contribution is -0.122. The molecule has 2 saturated heterocycles. The van der Waals surface area contributed by atoms with Gasteiger partial charge in [-0.1, -0.05) is 51.4 Å². The number of rotatable bonds is 23. The minimum Gasteiger partial charge on any atom is -0.447 e. The highest BCUT2D eigenvalue weighted by atomic mass is 16.8. The van der Waals surface area contributed by atoms with Crippen LogP contribution in [0.5, 0.6) is 0 Å². The van der Waals surface area contributed by atoms with Gasteiger partial charge in [-0.2, -0.15) is 0 Å². The van der Waals surface area contributed by atoms with E-state index < -0.39 is 6.16 Å². The van der Waals surface area contributed by atoms with Crippen LogP contribution in [0.25, 0.3) is 0 Å². The average molecular weight is 540 g/mol. The molecule has 10 heteroatoms. The molecule has 2 rings (SSSR count). The highest BCUT2D eigenvalue weighted by Crippen LogP contribution is 2.16. The van der Waals surface area contributed by atoms with Gasteiger partial charge in [-0.15, -0.1) is 0 Å². The van der Waals surface area contributed by atoms with Gasteiger partial charge < -0.3 is 29.6 Å². The summed E-state index contributed by atoms with van der Waals surface area (Å²) in [7, 11) is 0. The first-order valence-corrected chi connectivity index (χ1v) is 14.8. The Bertz CT molecular complexity index is 646. The summed E-state index contributed by atoms with van der Waals surface area (Å²) in [5.41, 5.74) is 0. The van der Waals surface area contributed by atoms with Crippen molar-refractivity contribution in [2.24, 2.45) is 0 Å². The van der Waals surface area contributed by atoms with E-state index in [9.17, 15) is 14.4 Å². The van der Waals surface area contributed by atoms with Crippen LogP contribution in [0.3, 0.4) is 0 Å². The Labute approximate surface area is 227 Å². The van der Waals surface area contributed by atoms with Crippen LogP contribution in [0.15, 0.2) is 0 Å². The molecule has 2 aliphatic heterocycles. The first-order chi connectivity index (χ1) is 18.5. The topological polar surface area (TPSA) is 136 Å². The highest BCUT2D eigenvalue weighted by molar-refractivity contribution is 5.76. The van der Waals surface area contributed by atoms with Gasteiger partial charge in [0.25, 0.3) is 0 Å². The molecule has 0 aliphatic carbocycles. The molecule has 0 aromatic carbocycles. The van der Waals surface area contributed by atoms with Crippen molar-refractivity contribution in [1.82, 2.24) is 10.6 Å². The van der Waals surface area contributed by atoms with Crippen molar-refractivity contribution >= 4 is 24.1 Å². The van der Waals surface area contributed by atoms with Gasteiger partial charge in [-0.3, -0.25) is 9.59 Å². The zero-order valence-electron chi connectivity index (χ0n) is 23.1. The van der Waals surface area contributed by atoms with Crippen LogP contribution >= 0.6 is 0 Å². The van der Waals surface area contributed by atoms with E-state index in [1.54, 1.807) is 0 Å². The summed E-state index contributed by atoms with van der Waals surface area (Å²) in [6.45, 7) is 2.21. The molecule has 0 radical (unpaired) electrons. The minimum atomic E-state index is -0.549. The lowest BCUT2D eigenvalue weighted by Crippen LogP contribution is -2.27. The molecule has 2 fully saturated rings. The van der Waals surface area contributed by atoms with Crippen LogP contribution < -0.4 is 10.6 Å². The molecule has 0 bridgehead atoms. The van der Waals surface area contributed by atoms with Crippen molar-refractivity contribution < 1.29 is 33.3 Å². The Kier molecular flexibility index (Phi) is 17.1. The number of amides is 2. The monoisotopic (exact) mass is 539 g/mol. The molecule has 2 amide bonds. The maximum atomic E-state index is 11.9. The van der Waals surface area contributed by atoms with Gasteiger partial charge in [0.15, 0.2) is 0 Å². The summed E-state index contributed by atoms with van der Waals surface area (Å²) < 4.78 is 20.0. The molecule has 0 spiro atoms. The number of carbonyl (C=O) groups excluding carboxylic acids is 3. The van der Waals surface area contributed by atoms with Crippen LogP contribution in [0.4, 0.5) is 4.79 Å². The number of nitrogens with one attached hydrogen (secondary N) is 3. The fraction of sp³-hybridized carbons (Fsp3) is 0.857. The summed E-state index contributed by atoms with van der Waals surface area (Å²) in [6, 6.07) is 0. The van der Waals surface area contributed by atoms with Crippen LogP contribution in [-0.4, -0.2) is 62.6 Å². The minimum absolute atomic E-state index is 0.0502. The van der Waals surface area contributed by atoms with E-state index in [4.69, 9.17) is 24.4 Å².